The summed E-state index contributed by atoms with van der Waals surface area (Å²) >= 11 is 0. The van der Waals surface area contributed by atoms with E-state index in [4.69, 9.17) is 4.74 Å². The van der Waals surface area contributed by atoms with E-state index >= 15 is 0 Å². The molecule has 1 heterocycles. The van der Waals surface area contributed by atoms with Gasteiger partial charge in [0.05, 0.1) is 18.3 Å². The lowest BCUT2D eigenvalue weighted by Crippen LogP contribution is -2.06. The summed E-state index contributed by atoms with van der Waals surface area (Å²) in [5, 5.41) is 4.21. The molecule has 2 aromatic carbocycles. The predicted molar refractivity (Wildman–Crippen MR) is 97.5 cm³/mol. The summed E-state index contributed by atoms with van der Waals surface area (Å²) < 4.78 is 4.81. The van der Waals surface area contributed by atoms with Crippen molar-refractivity contribution in [3.05, 3.63) is 65.4 Å². The van der Waals surface area contributed by atoms with E-state index in [1.165, 1.54) is 14.0 Å². The van der Waals surface area contributed by atoms with E-state index in [2.05, 4.69) is 10.3 Å². The van der Waals surface area contributed by atoms with Crippen LogP contribution < -0.4 is 5.32 Å². The van der Waals surface area contributed by atoms with Gasteiger partial charge in [0, 0.05) is 16.6 Å². The van der Waals surface area contributed by atoms with Gasteiger partial charge in [0.25, 0.3) is 0 Å². The van der Waals surface area contributed by atoms with E-state index in [0.29, 0.717) is 5.56 Å². The summed E-state index contributed by atoms with van der Waals surface area (Å²) in [6.07, 6.45) is 0. The molecule has 1 N–H and O–H groups in total. The highest BCUT2D eigenvalue weighted by molar-refractivity contribution is 6.00. The van der Waals surface area contributed by atoms with Crippen LogP contribution in [-0.4, -0.2) is 23.8 Å². The van der Waals surface area contributed by atoms with Crippen LogP contribution in [-0.2, 0) is 4.74 Å². The summed E-state index contributed by atoms with van der Waals surface area (Å²) in [6, 6.07) is 14.7. The van der Waals surface area contributed by atoms with Crippen LogP contribution in [0.3, 0.4) is 0 Å². The highest BCUT2D eigenvalue weighted by Gasteiger charge is 2.14. The van der Waals surface area contributed by atoms with Gasteiger partial charge in [0.1, 0.15) is 0 Å². The molecule has 0 amide bonds. The Morgan fingerprint density at radius 1 is 1.08 bits per heavy atom. The summed E-state index contributed by atoms with van der Waals surface area (Å²) in [7, 11) is 1.33. The summed E-state index contributed by atoms with van der Waals surface area (Å²) in [5.74, 6) is -0.468. The molecule has 0 saturated carbocycles. The predicted octanol–water partition coefficient (Wildman–Crippen LogP) is 4.28. The lowest BCUT2D eigenvalue weighted by atomic mass is 10.1. The first-order chi connectivity index (χ1) is 12.0. The molecule has 0 unspecified atom stereocenters. The van der Waals surface area contributed by atoms with Crippen LogP contribution in [0.2, 0.25) is 0 Å². The fourth-order valence-corrected chi connectivity index (χ4v) is 2.65. The number of hydrogen-bond donors (Lipinski definition) is 1. The van der Waals surface area contributed by atoms with Crippen molar-refractivity contribution >= 4 is 34.0 Å². The minimum atomic E-state index is -0.486. The Morgan fingerprint density at radius 3 is 2.44 bits per heavy atom. The molecule has 5 heteroatoms. The number of carbonyl (C=O) groups excluding carboxylic acids is 2. The van der Waals surface area contributed by atoms with Crippen LogP contribution >= 0.6 is 0 Å². The number of hydrogen-bond acceptors (Lipinski definition) is 5. The van der Waals surface area contributed by atoms with Crippen LogP contribution in [0.15, 0.2) is 48.5 Å². The monoisotopic (exact) mass is 334 g/mol. The van der Waals surface area contributed by atoms with Gasteiger partial charge in [-0.15, -0.1) is 0 Å². The lowest BCUT2D eigenvalue weighted by molar-refractivity contribution is 0.0594. The molecule has 1 aromatic heterocycles. The first-order valence-electron chi connectivity index (χ1n) is 7.86. The van der Waals surface area contributed by atoms with Crippen molar-refractivity contribution in [2.45, 2.75) is 13.8 Å². The number of esters is 1. The number of benzene rings is 2. The van der Waals surface area contributed by atoms with Crippen LogP contribution in [0.1, 0.15) is 33.3 Å². The molecule has 0 spiro atoms. The number of ether oxygens (including phenoxy) is 1. The molecule has 0 fully saturated rings. The number of anilines is 2. The molecule has 0 aliphatic rings. The van der Waals surface area contributed by atoms with E-state index in [0.717, 1.165) is 27.8 Å². The number of Topliss-reactive ketones (excluding diaryl/α,β-unsaturated/α-hetero) is 1. The highest BCUT2D eigenvalue weighted by Crippen LogP contribution is 2.28. The maximum atomic E-state index is 11.9. The molecule has 5 nitrogen and oxygen atoms in total. The van der Waals surface area contributed by atoms with Gasteiger partial charge in [-0.3, -0.25) is 4.79 Å². The van der Waals surface area contributed by atoms with Gasteiger partial charge in [0.15, 0.2) is 11.5 Å². The molecule has 3 aromatic rings. The molecule has 25 heavy (non-hydrogen) atoms. The second-order valence-corrected chi connectivity index (χ2v) is 5.78. The molecule has 3 rings (SSSR count). The quantitative estimate of drug-likeness (QED) is 0.570. The van der Waals surface area contributed by atoms with E-state index in [-0.39, 0.29) is 11.5 Å². The molecular formula is C20H18N2O3. The maximum absolute atomic E-state index is 11.9. The molecule has 126 valence electrons. The fourth-order valence-electron chi connectivity index (χ4n) is 2.65. The van der Waals surface area contributed by atoms with Crippen molar-refractivity contribution in [1.82, 2.24) is 4.98 Å². The van der Waals surface area contributed by atoms with Crippen molar-refractivity contribution in [3.8, 4) is 0 Å². The average Bonchev–Trinajstić information content (AvgIpc) is 2.62. The van der Waals surface area contributed by atoms with Crippen LogP contribution in [0.5, 0.6) is 0 Å². The van der Waals surface area contributed by atoms with Gasteiger partial charge in [-0.05, 0) is 49.7 Å². The minimum absolute atomic E-state index is 0.0181. The largest absolute Gasteiger partial charge is 0.464 e. The first-order valence-corrected chi connectivity index (χ1v) is 7.86. The normalized spacial score (nSPS) is 10.5. The van der Waals surface area contributed by atoms with Crippen molar-refractivity contribution in [2.75, 3.05) is 12.4 Å². The number of methoxy groups -OCH3 is 1. The molecule has 0 saturated heterocycles. The SMILES string of the molecule is COC(=O)c1cc(Nc2ccc(C(C)=O)cc2)c2cccc(C)c2n1. The number of aryl methyl sites for hydroxylation is 1. The smallest absolute Gasteiger partial charge is 0.356 e. The standard InChI is InChI=1S/C20H18N2O3/c1-12-5-4-6-16-17(11-18(20(24)25-3)22-19(12)16)21-15-9-7-14(8-10-15)13(2)23/h4-11H,1-3H3,(H,21,22). The number of aromatic nitrogens is 1. The number of carbonyl (C=O) groups is 2. The van der Waals surface area contributed by atoms with Crippen LogP contribution in [0, 0.1) is 6.92 Å². The molecule has 0 aliphatic carbocycles. The zero-order valence-electron chi connectivity index (χ0n) is 14.3. The Morgan fingerprint density at radius 2 is 1.80 bits per heavy atom. The highest BCUT2D eigenvalue weighted by atomic mass is 16.5. The third-order valence-electron chi connectivity index (χ3n) is 4.01. The van der Waals surface area contributed by atoms with Gasteiger partial charge >= 0.3 is 5.97 Å². The molecular weight excluding hydrogens is 316 g/mol. The van der Waals surface area contributed by atoms with Crippen molar-refractivity contribution < 1.29 is 14.3 Å². The number of pyridine rings is 1. The van der Waals surface area contributed by atoms with E-state index in [1.807, 2.05) is 37.3 Å². The topological polar surface area (TPSA) is 68.3 Å². The van der Waals surface area contributed by atoms with Crippen LogP contribution in [0.25, 0.3) is 10.9 Å². The molecule has 0 bridgehead atoms. The summed E-state index contributed by atoms with van der Waals surface area (Å²) in [4.78, 5) is 27.8. The third kappa shape index (κ3) is 3.35. The number of rotatable bonds is 4. The number of nitrogens with zero attached hydrogens (tertiary/aromatic N) is 1. The Balaban J connectivity index is 2.09. The fraction of sp³-hybridized carbons (Fsp3) is 0.150. The van der Waals surface area contributed by atoms with Crippen molar-refractivity contribution in [3.63, 3.8) is 0 Å². The average molecular weight is 334 g/mol. The molecule has 0 atom stereocenters. The Labute approximate surface area is 145 Å². The van der Waals surface area contributed by atoms with Crippen molar-refractivity contribution in [1.29, 1.82) is 0 Å². The Hall–Kier alpha value is -3.21. The van der Waals surface area contributed by atoms with E-state index in [9.17, 15) is 9.59 Å². The van der Waals surface area contributed by atoms with Gasteiger partial charge in [0.2, 0.25) is 0 Å². The van der Waals surface area contributed by atoms with Gasteiger partial charge < -0.3 is 10.1 Å². The zero-order valence-corrected chi connectivity index (χ0v) is 14.3. The third-order valence-corrected chi connectivity index (χ3v) is 4.01. The first kappa shape index (κ1) is 16.6. The number of fused-ring (bicyclic) bond motifs is 1. The summed E-state index contributed by atoms with van der Waals surface area (Å²) in [6.45, 7) is 3.48. The van der Waals surface area contributed by atoms with Crippen LogP contribution in [0.4, 0.5) is 11.4 Å². The summed E-state index contributed by atoms with van der Waals surface area (Å²) in [5.41, 5.74) is 4.18. The van der Waals surface area contributed by atoms with Crippen molar-refractivity contribution in [2.24, 2.45) is 0 Å². The zero-order chi connectivity index (χ0) is 18.0. The molecule has 0 aliphatic heterocycles. The van der Waals surface area contributed by atoms with E-state index in [1.54, 1.807) is 18.2 Å². The lowest BCUT2D eigenvalue weighted by Gasteiger charge is -2.13. The molecule has 0 radical (unpaired) electrons. The number of ketones is 1. The van der Waals surface area contributed by atoms with E-state index < -0.39 is 5.97 Å². The minimum Gasteiger partial charge on any atom is -0.464 e. The van der Waals surface area contributed by atoms with Gasteiger partial charge in [-0.25, -0.2) is 9.78 Å². The maximum Gasteiger partial charge on any atom is 0.356 e. The second kappa shape index (κ2) is 6.73. The second-order valence-electron chi connectivity index (χ2n) is 5.78. The van der Waals surface area contributed by atoms with Gasteiger partial charge in [-0.2, -0.15) is 0 Å². The number of nitrogens with one attached hydrogen (secondary N) is 1. The number of para-hydroxylation sites is 1. The Kier molecular flexibility index (Phi) is 4.48. The van der Waals surface area contributed by atoms with Gasteiger partial charge in [-0.1, -0.05) is 18.2 Å². The Bertz CT molecular complexity index is 963.